The van der Waals surface area contributed by atoms with Crippen LogP contribution in [0.3, 0.4) is 0 Å². The van der Waals surface area contributed by atoms with Crippen LogP contribution in [0.5, 0.6) is 0 Å². The van der Waals surface area contributed by atoms with E-state index in [1.165, 1.54) is 11.4 Å². The highest BCUT2D eigenvalue weighted by atomic mass is 79.9. The maximum absolute atomic E-state index is 6.06. The van der Waals surface area contributed by atoms with Gasteiger partial charge in [0.25, 0.3) is 0 Å². The van der Waals surface area contributed by atoms with Gasteiger partial charge in [-0.25, -0.2) is 0 Å². The van der Waals surface area contributed by atoms with E-state index in [9.17, 15) is 0 Å². The Bertz CT molecular complexity index is 444. The van der Waals surface area contributed by atoms with Crippen LogP contribution in [0.1, 0.15) is 39.1 Å². The van der Waals surface area contributed by atoms with Gasteiger partial charge in [-0.1, -0.05) is 22.9 Å². The number of aromatic nitrogens is 2. The van der Waals surface area contributed by atoms with Gasteiger partial charge in [0.1, 0.15) is 0 Å². The van der Waals surface area contributed by atoms with Crippen molar-refractivity contribution in [2.45, 2.75) is 58.9 Å². The van der Waals surface area contributed by atoms with Crippen molar-refractivity contribution < 1.29 is 4.74 Å². The molecule has 0 bridgehead atoms. The molecular formula is C15H26BrN3O. The number of morpholine rings is 1. The Morgan fingerprint density at radius 2 is 2.20 bits per heavy atom. The third kappa shape index (κ3) is 3.83. The molecule has 1 aromatic rings. The predicted molar refractivity (Wildman–Crippen MR) is 85.3 cm³/mol. The van der Waals surface area contributed by atoms with Crippen LogP contribution in [0.4, 0.5) is 0 Å². The van der Waals surface area contributed by atoms with Gasteiger partial charge in [0.05, 0.1) is 23.1 Å². The molecule has 1 aromatic heterocycles. The van der Waals surface area contributed by atoms with E-state index in [1.807, 2.05) is 0 Å². The van der Waals surface area contributed by atoms with Crippen LogP contribution in [0.25, 0.3) is 0 Å². The topological polar surface area (TPSA) is 30.3 Å². The highest BCUT2D eigenvalue weighted by Gasteiger charge is 2.33. The first-order chi connectivity index (χ1) is 9.47. The number of hydrogen-bond donors (Lipinski definition) is 0. The summed E-state index contributed by atoms with van der Waals surface area (Å²) < 4.78 is 8.19. The summed E-state index contributed by atoms with van der Waals surface area (Å²) in [5.41, 5.74) is 2.42. The number of alkyl halides is 1. The average molecular weight is 344 g/mol. The van der Waals surface area contributed by atoms with E-state index in [4.69, 9.17) is 4.74 Å². The highest BCUT2D eigenvalue weighted by molar-refractivity contribution is 9.09. The standard InChI is InChI=1S/C15H26BrN3O/c1-5-12-7-13(19(6-2)17-12)9-18-10-14(8-16)20-15(3,4)11-18/h7,14H,5-6,8-11H2,1-4H3. The van der Waals surface area contributed by atoms with Gasteiger partial charge >= 0.3 is 0 Å². The van der Waals surface area contributed by atoms with Crippen LogP contribution in [-0.2, 0) is 24.2 Å². The Morgan fingerprint density at radius 1 is 1.45 bits per heavy atom. The molecule has 20 heavy (non-hydrogen) atoms. The van der Waals surface area contributed by atoms with Gasteiger partial charge < -0.3 is 4.74 Å². The van der Waals surface area contributed by atoms with Gasteiger partial charge in [-0.15, -0.1) is 0 Å². The van der Waals surface area contributed by atoms with Crippen molar-refractivity contribution in [2.24, 2.45) is 0 Å². The van der Waals surface area contributed by atoms with Crippen molar-refractivity contribution in [3.8, 4) is 0 Å². The minimum absolute atomic E-state index is 0.0820. The molecule has 0 amide bonds. The second kappa shape index (κ2) is 6.58. The number of hydrogen-bond acceptors (Lipinski definition) is 3. The van der Waals surface area contributed by atoms with E-state index in [2.05, 4.69) is 64.4 Å². The lowest BCUT2D eigenvalue weighted by molar-refractivity contribution is -0.128. The molecule has 1 atom stereocenters. The zero-order chi connectivity index (χ0) is 14.8. The van der Waals surface area contributed by atoms with E-state index < -0.39 is 0 Å². The lowest BCUT2D eigenvalue weighted by atomic mass is 10.1. The third-order valence-corrected chi connectivity index (χ3v) is 4.41. The molecule has 4 nitrogen and oxygen atoms in total. The Labute approximate surface area is 130 Å². The lowest BCUT2D eigenvalue weighted by Crippen LogP contribution is -2.52. The van der Waals surface area contributed by atoms with Crippen LogP contribution in [0, 0.1) is 0 Å². The Hall–Kier alpha value is -0.390. The van der Waals surface area contributed by atoms with E-state index in [-0.39, 0.29) is 11.7 Å². The quantitative estimate of drug-likeness (QED) is 0.770. The smallest absolute Gasteiger partial charge is 0.0806 e. The predicted octanol–water partition coefficient (Wildman–Crippen LogP) is 2.84. The number of halogens is 1. The first-order valence-electron chi connectivity index (χ1n) is 7.49. The van der Waals surface area contributed by atoms with E-state index in [0.717, 1.165) is 37.9 Å². The minimum atomic E-state index is -0.0820. The summed E-state index contributed by atoms with van der Waals surface area (Å²) in [6.07, 6.45) is 1.26. The highest BCUT2D eigenvalue weighted by Crippen LogP contribution is 2.23. The lowest BCUT2D eigenvalue weighted by Gasteiger charge is -2.42. The first kappa shape index (κ1) is 16.0. The SMILES string of the molecule is CCc1cc(CN2CC(CBr)OC(C)(C)C2)n(CC)n1. The molecule has 1 saturated heterocycles. The Kier molecular flexibility index (Phi) is 5.26. The van der Waals surface area contributed by atoms with Crippen molar-refractivity contribution in [1.29, 1.82) is 0 Å². The molecule has 2 heterocycles. The van der Waals surface area contributed by atoms with Crippen molar-refractivity contribution in [2.75, 3.05) is 18.4 Å². The van der Waals surface area contributed by atoms with E-state index in [1.54, 1.807) is 0 Å². The van der Waals surface area contributed by atoms with Crippen molar-refractivity contribution in [3.05, 3.63) is 17.5 Å². The van der Waals surface area contributed by atoms with Gasteiger partial charge in [0, 0.05) is 31.5 Å². The number of nitrogens with zero attached hydrogens (tertiary/aromatic N) is 3. The summed E-state index contributed by atoms with van der Waals surface area (Å²) in [5, 5.41) is 5.53. The van der Waals surface area contributed by atoms with Gasteiger partial charge in [0.15, 0.2) is 0 Å². The molecule has 1 fully saturated rings. The number of rotatable bonds is 5. The molecule has 0 aliphatic carbocycles. The number of ether oxygens (including phenoxy) is 1. The average Bonchev–Trinajstić information content (AvgIpc) is 2.79. The summed E-state index contributed by atoms with van der Waals surface area (Å²) in [5.74, 6) is 0. The van der Waals surface area contributed by atoms with Crippen LogP contribution >= 0.6 is 15.9 Å². The molecule has 1 aliphatic heterocycles. The fourth-order valence-electron chi connectivity index (χ4n) is 2.94. The van der Waals surface area contributed by atoms with Crippen LogP contribution in [0.2, 0.25) is 0 Å². The maximum atomic E-state index is 6.06. The van der Waals surface area contributed by atoms with Gasteiger partial charge in [-0.2, -0.15) is 5.10 Å². The molecule has 2 rings (SSSR count). The Morgan fingerprint density at radius 3 is 2.80 bits per heavy atom. The van der Waals surface area contributed by atoms with Crippen LogP contribution in [0.15, 0.2) is 6.07 Å². The second-order valence-electron chi connectivity index (χ2n) is 6.12. The van der Waals surface area contributed by atoms with Gasteiger partial charge in [0.2, 0.25) is 0 Å². The third-order valence-electron chi connectivity index (χ3n) is 3.69. The van der Waals surface area contributed by atoms with Crippen molar-refractivity contribution >= 4 is 15.9 Å². The zero-order valence-corrected chi connectivity index (χ0v) is 14.6. The molecular weight excluding hydrogens is 318 g/mol. The minimum Gasteiger partial charge on any atom is -0.369 e. The molecule has 0 radical (unpaired) electrons. The molecule has 1 unspecified atom stereocenters. The summed E-state index contributed by atoms with van der Waals surface area (Å²) >= 11 is 3.55. The molecule has 114 valence electrons. The molecule has 0 saturated carbocycles. The van der Waals surface area contributed by atoms with Crippen molar-refractivity contribution in [3.63, 3.8) is 0 Å². The normalized spacial score (nSPS) is 23.1. The number of aryl methyl sites for hydroxylation is 2. The summed E-state index contributed by atoms with van der Waals surface area (Å²) in [7, 11) is 0. The van der Waals surface area contributed by atoms with Gasteiger partial charge in [-0.05, 0) is 33.3 Å². The van der Waals surface area contributed by atoms with Crippen molar-refractivity contribution in [1.82, 2.24) is 14.7 Å². The summed E-state index contributed by atoms with van der Waals surface area (Å²) in [6.45, 7) is 12.5. The Balaban J connectivity index is 2.10. The fourth-order valence-corrected chi connectivity index (χ4v) is 3.27. The molecule has 5 heteroatoms. The van der Waals surface area contributed by atoms with Gasteiger partial charge in [-0.3, -0.25) is 9.58 Å². The first-order valence-corrected chi connectivity index (χ1v) is 8.61. The molecule has 1 aliphatic rings. The molecule has 0 aromatic carbocycles. The second-order valence-corrected chi connectivity index (χ2v) is 6.77. The molecule has 0 N–H and O–H groups in total. The van der Waals surface area contributed by atoms with E-state index >= 15 is 0 Å². The molecule has 0 spiro atoms. The fraction of sp³-hybridized carbons (Fsp3) is 0.800. The summed E-state index contributed by atoms with van der Waals surface area (Å²) in [4.78, 5) is 2.48. The largest absolute Gasteiger partial charge is 0.369 e. The zero-order valence-electron chi connectivity index (χ0n) is 13.0. The monoisotopic (exact) mass is 343 g/mol. The maximum Gasteiger partial charge on any atom is 0.0806 e. The van der Waals surface area contributed by atoms with E-state index in [0.29, 0.717) is 0 Å². The summed E-state index contributed by atoms with van der Waals surface area (Å²) in [6, 6.07) is 2.25. The van der Waals surface area contributed by atoms with Crippen LogP contribution in [-0.4, -0.2) is 44.8 Å². The van der Waals surface area contributed by atoms with Crippen LogP contribution < -0.4 is 0 Å².